The molecule has 0 aliphatic heterocycles. The minimum atomic E-state index is -1.03. The molecule has 0 aliphatic carbocycles. The zero-order valence-corrected chi connectivity index (χ0v) is 20.8. The van der Waals surface area contributed by atoms with E-state index in [0.29, 0.717) is 51.1 Å². The highest BCUT2D eigenvalue weighted by Crippen LogP contribution is 2.08. The van der Waals surface area contributed by atoms with Crippen LogP contribution in [0.1, 0.15) is 52.4 Å². The molecule has 0 aromatic heterocycles. The van der Waals surface area contributed by atoms with Gasteiger partial charge in [0.2, 0.25) is 0 Å². The van der Waals surface area contributed by atoms with Crippen LogP contribution in [0.4, 0.5) is 9.59 Å². The van der Waals surface area contributed by atoms with Gasteiger partial charge in [-0.05, 0) is 38.0 Å². The Hall–Kier alpha value is -3.21. The van der Waals surface area contributed by atoms with Crippen LogP contribution in [0.2, 0.25) is 0 Å². The molecule has 16 nitrogen and oxygen atoms in total. The molecule has 36 heavy (non-hydrogen) atoms. The SMILES string of the molecule is CC(C)C[C@H](N)[C@@H](O)CC(=O)O.NC(=O)NCCC[C@H](N)C(=O)O.NC(=O)NCCC[C@H](N)C(=O)O. The number of carbonyl (C=O) groups is 5. The fourth-order valence-corrected chi connectivity index (χ4v) is 2.35. The number of rotatable bonds is 15. The van der Waals surface area contributed by atoms with Crippen molar-refractivity contribution in [1.29, 1.82) is 0 Å². The second-order valence-electron chi connectivity index (χ2n) is 8.21. The minimum absolute atomic E-state index is 0.270. The average Bonchev–Trinajstić information content (AvgIpc) is 2.73. The lowest BCUT2D eigenvalue weighted by Gasteiger charge is -2.18. The van der Waals surface area contributed by atoms with E-state index in [1.54, 1.807) is 0 Å². The molecule has 0 saturated carbocycles. The highest BCUT2D eigenvalue weighted by atomic mass is 16.4. The van der Waals surface area contributed by atoms with Crippen molar-refractivity contribution in [3.05, 3.63) is 0 Å². The Morgan fingerprint density at radius 2 is 1.11 bits per heavy atom. The monoisotopic (exact) mass is 525 g/mol. The Kier molecular flexibility index (Phi) is 23.1. The maximum Gasteiger partial charge on any atom is 0.320 e. The van der Waals surface area contributed by atoms with E-state index in [-0.39, 0.29) is 6.42 Å². The van der Waals surface area contributed by atoms with Gasteiger partial charge in [-0.1, -0.05) is 13.8 Å². The van der Waals surface area contributed by atoms with Crippen LogP contribution in [0.5, 0.6) is 0 Å². The Morgan fingerprint density at radius 3 is 1.36 bits per heavy atom. The highest BCUT2D eigenvalue weighted by molar-refractivity contribution is 5.73. The second-order valence-corrected chi connectivity index (χ2v) is 8.21. The van der Waals surface area contributed by atoms with Gasteiger partial charge in [-0.15, -0.1) is 0 Å². The number of hydrogen-bond donors (Lipinski definition) is 11. The van der Waals surface area contributed by atoms with Crippen molar-refractivity contribution in [2.24, 2.45) is 34.6 Å². The number of urea groups is 2. The summed E-state index contributed by atoms with van der Waals surface area (Å²) in [5.41, 5.74) is 25.5. The summed E-state index contributed by atoms with van der Waals surface area (Å²) in [5, 5.41) is 38.9. The lowest BCUT2D eigenvalue weighted by atomic mass is 9.98. The van der Waals surface area contributed by atoms with Gasteiger partial charge in [-0.25, -0.2) is 9.59 Å². The maximum absolute atomic E-state index is 10.2. The van der Waals surface area contributed by atoms with E-state index >= 15 is 0 Å². The molecule has 0 heterocycles. The molecule has 0 aliphatic rings. The normalized spacial score (nSPS) is 13.4. The van der Waals surface area contributed by atoms with Crippen molar-refractivity contribution in [2.75, 3.05) is 13.1 Å². The molecule has 0 saturated heterocycles. The molecule has 0 unspecified atom stereocenters. The number of carbonyl (C=O) groups excluding carboxylic acids is 2. The fourth-order valence-electron chi connectivity index (χ4n) is 2.35. The van der Waals surface area contributed by atoms with Crippen LogP contribution >= 0.6 is 0 Å². The first-order chi connectivity index (χ1) is 16.5. The van der Waals surface area contributed by atoms with Gasteiger partial charge in [0.15, 0.2) is 0 Å². The number of aliphatic carboxylic acids is 3. The van der Waals surface area contributed by atoms with Crippen molar-refractivity contribution in [2.45, 2.75) is 76.6 Å². The van der Waals surface area contributed by atoms with E-state index in [9.17, 15) is 29.1 Å². The Balaban J connectivity index is -0.000000454. The van der Waals surface area contributed by atoms with Crippen LogP contribution < -0.4 is 39.3 Å². The summed E-state index contributed by atoms with van der Waals surface area (Å²) in [7, 11) is 0. The average molecular weight is 526 g/mol. The molecule has 4 atom stereocenters. The van der Waals surface area contributed by atoms with Crippen molar-refractivity contribution in [3.63, 3.8) is 0 Å². The van der Waals surface area contributed by atoms with E-state index in [4.69, 9.17) is 44.0 Å². The first-order valence-corrected chi connectivity index (χ1v) is 11.2. The topological polar surface area (TPSA) is 320 Å². The van der Waals surface area contributed by atoms with Crippen LogP contribution in [-0.4, -0.2) is 87.7 Å². The van der Waals surface area contributed by atoms with Crippen LogP contribution in [0.25, 0.3) is 0 Å². The molecule has 0 rings (SSSR count). The van der Waals surface area contributed by atoms with Gasteiger partial charge < -0.3 is 59.7 Å². The number of aliphatic hydroxyl groups is 1. The predicted octanol–water partition coefficient (Wildman–Crippen LogP) is -2.11. The number of carboxylic acid groups (broad SMARTS) is 3. The molecule has 0 bridgehead atoms. The molecule has 0 fully saturated rings. The fraction of sp³-hybridized carbons (Fsp3) is 0.750. The zero-order valence-electron chi connectivity index (χ0n) is 20.8. The number of nitrogens with two attached hydrogens (primary N) is 5. The van der Waals surface area contributed by atoms with E-state index < -0.39 is 54.2 Å². The molecule has 212 valence electrons. The molecular weight excluding hydrogens is 482 g/mol. The molecule has 16 N–H and O–H groups in total. The number of amides is 4. The van der Waals surface area contributed by atoms with Crippen LogP contribution in [0.15, 0.2) is 0 Å². The lowest BCUT2D eigenvalue weighted by molar-refractivity contribution is -0.140. The molecule has 16 heteroatoms. The number of hydrogen-bond acceptors (Lipinski definition) is 9. The van der Waals surface area contributed by atoms with Crippen molar-refractivity contribution >= 4 is 30.0 Å². The predicted molar refractivity (Wildman–Crippen MR) is 131 cm³/mol. The summed E-state index contributed by atoms with van der Waals surface area (Å²) < 4.78 is 0. The van der Waals surface area contributed by atoms with Gasteiger partial charge in [0, 0.05) is 19.1 Å². The lowest BCUT2D eigenvalue weighted by Crippen LogP contribution is -2.37. The molecule has 0 aromatic carbocycles. The zero-order chi connectivity index (χ0) is 28.8. The summed E-state index contributed by atoms with van der Waals surface area (Å²) in [6.07, 6.45) is 1.13. The third kappa shape index (κ3) is 28.8. The van der Waals surface area contributed by atoms with Gasteiger partial charge in [-0.3, -0.25) is 14.4 Å². The summed E-state index contributed by atoms with van der Waals surface area (Å²) in [6.45, 7) is 4.67. The van der Waals surface area contributed by atoms with Gasteiger partial charge in [0.05, 0.1) is 12.5 Å². The highest BCUT2D eigenvalue weighted by Gasteiger charge is 2.18. The maximum atomic E-state index is 10.2. The van der Waals surface area contributed by atoms with E-state index in [1.807, 2.05) is 13.8 Å². The third-order valence-corrected chi connectivity index (χ3v) is 4.24. The number of primary amides is 2. The van der Waals surface area contributed by atoms with Crippen LogP contribution in [-0.2, 0) is 14.4 Å². The van der Waals surface area contributed by atoms with E-state index in [0.717, 1.165) is 0 Å². The summed E-state index contributed by atoms with van der Waals surface area (Å²) >= 11 is 0. The van der Waals surface area contributed by atoms with E-state index in [2.05, 4.69) is 10.6 Å². The van der Waals surface area contributed by atoms with Gasteiger partial charge >= 0.3 is 30.0 Å². The molecule has 0 aromatic rings. The standard InChI is InChI=1S/C8H17NO3.2C6H13N3O3/c1-5(2)3-6(9)7(10)4-8(11)12;2*7-4(5(10)11)2-1-3-9-6(8)12/h5-7,10H,3-4,9H2,1-2H3,(H,11,12);2*4H,1-3,7H2,(H,10,11)(H3,8,9,12)/t6-,7-;2*4-/m000/s1. The second kappa shape index (κ2) is 22.3. The van der Waals surface area contributed by atoms with Crippen molar-refractivity contribution in [3.8, 4) is 0 Å². The Morgan fingerprint density at radius 1 is 0.750 bits per heavy atom. The smallest absolute Gasteiger partial charge is 0.320 e. The first-order valence-electron chi connectivity index (χ1n) is 11.2. The van der Waals surface area contributed by atoms with Gasteiger partial charge in [0.25, 0.3) is 0 Å². The van der Waals surface area contributed by atoms with Gasteiger partial charge in [-0.2, -0.15) is 0 Å². The van der Waals surface area contributed by atoms with E-state index in [1.165, 1.54) is 0 Å². The first kappa shape index (κ1) is 37.3. The molecule has 0 spiro atoms. The van der Waals surface area contributed by atoms with Crippen LogP contribution in [0.3, 0.4) is 0 Å². The summed E-state index contributed by atoms with van der Waals surface area (Å²) in [6, 6.07) is -3.38. The van der Waals surface area contributed by atoms with Gasteiger partial charge in [0.1, 0.15) is 12.1 Å². The Labute approximate surface area is 209 Å². The minimum Gasteiger partial charge on any atom is -0.481 e. The van der Waals surface area contributed by atoms with Crippen molar-refractivity contribution < 1.29 is 44.4 Å². The summed E-state index contributed by atoms with van der Waals surface area (Å²) in [4.78, 5) is 50.8. The Bertz CT molecular complexity index is 627. The molecular formula is C20H43N7O9. The number of carboxylic acids is 3. The molecule has 0 radical (unpaired) electrons. The molecule has 4 amide bonds. The number of nitrogens with one attached hydrogen (secondary N) is 2. The summed E-state index contributed by atoms with van der Waals surface area (Å²) in [5.74, 6) is -2.70. The van der Waals surface area contributed by atoms with Crippen molar-refractivity contribution in [1.82, 2.24) is 10.6 Å². The third-order valence-electron chi connectivity index (χ3n) is 4.24. The van der Waals surface area contributed by atoms with Crippen LogP contribution in [0, 0.1) is 5.92 Å². The largest absolute Gasteiger partial charge is 0.481 e. The quantitative estimate of drug-likeness (QED) is 0.102. The number of aliphatic hydroxyl groups excluding tert-OH is 1.